The second-order valence-electron chi connectivity index (χ2n) is 9.22. The van der Waals surface area contributed by atoms with Gasteiger partial charge < -0.3 is 15.2 Å². The number of ether oxygens (including phenoxy) is 1. The van der Waals surface area contributed by atoms with Gasteiger partial charge in [-0.25, -0.2) is 19.5 Å². The molecule has 2 aromatic heterocycles. The van der Waals surface area contributed by atoms with E-state index >= 15 is 0 Å². The van der Waals surface area contributed by atoms with Gasteiger partial charge in [0, 0.05) is 23.7 Å². The summed E-state index contributed by atoms with van der Waals surface area (Å²) in [6.45, 7) is 0.191. The van der Waals surface area contributed by atoms with Crippen LogP contribution in [0.5, 0.6) is 0 Å². The van der Waals surface area contributed by atoms with Gasteiger partial charge in [-0.3, -0.25) is 8.98 Å². The predicted molar refractivity (Wildman–Crippen MR) is 138 cm³/mol. The Labute approximate surface area is 227 Å². The minimum atomic E-state index is -4.12. The van der Waals surface area contributed by atoms with E-state index in [1.54, 1.807) is 12.1 Å². The summed E-state index contributed by atoms with van der Waals surface area (Å²) in [5, 5.41) is 18.4. The van der Waals surface area contributed by atoms with E-state index in [-0.39, 0.29) is 35.6 Å². The number of benzene rings is 1. The number of carbonyl (C=O) groups excluding carboxylic acids is 1. The van der Waals surface area contributed by atoms with Crippen LogP contribution in [0.4, 0.5) is 10.2 Å². The van der Waals surface area contributed by atoms with Gasteiger partial charge in [-0.05, 0) is 48.6 Å². The lowest BCUT2D eigenvalue weighted by Crippen LogP contribution is -2.24. The summed E-state index contributed by atoms with van der Waals surface area (Å²) in [5.74, 6) is -0.944. The Bertz CT molecular complexity index is 1470. The molecular weight excluding hydrogens is 559 g/mol. The number of aliphatic hydroxyl groups excluding tert-OH is 1. The van der Waals surface area contributed by atoms with Crippen molar-refractivity contribution in [2.45, 2.75) is 37.5 Å². The van der Waals surface area contributed by atoms with Crippen LogP contribution in [0.25, 0.3) is 0 Å². The number of carbonyl (C=O) groups is 1. The number of fused-ring (bicyclic) bond motifs is 1. The zero-order chi connectivity index (χ0) is 27.0. The summed E-state index contributed by atoms with van der Waals surface area (Å²) in [5.41, 5.74) is 2.43. The Morgan fingerprint density at radius 2 is 2.13 bits per heavy atom. The average molecular weight is 583 g/mol. The molecule has 1 aliphatic carbocycles. The maximum atomic E-state index is 14.0. The first-order chi connectivity index (χ1) is 18.1. The Kier molecular flexibility index (Phi) is 7.78. The van der Waals surface area contributed by atoms with Gasteiger partial charge >= 0.3 is 10.3 Å². The molecule has 10 nitrogen and oxygen atoms in total. The zero-order valence-electron chi connectivity index (χ0n) is 19.8. The minimum Gasteiger partial charge on any atom is -0.393 e. The van der Waals surface area contributed by atoms with Crippen LogP contribution in [0, 0.1) is 11.7 Å². The van der Waals surface area contributed by atoms with Crippen LogP contribution >= 0.6 is 22.9 Å². The number of nitrogens with one attached hydrogen (secondary N) is 1. The number of ketones is 1. The van der Waals surface area contributed by atoms with Crippen LogP contribution in [0.2, 0.25) is 4.34 Å². The van der Waals surface area contributed by atoms with Crippen molar-refractivity contribution in [3.63, 3.8) is 0 Å². The normalized spacial score (nSPS) is 23.3. The van der Waals surface area contributed by atoms with E-state index in [2.05, 4.69) is 19.5 Å². The molecule has 2 aliphatic rings. The summed E-state index contributed by atoms with van der Waals surface area (Å²) >= 11 is 7.63. The number of hydrogen-bond donors (Lipinski definition) is 3. The third kappa shape index (κ3) is 5.88. The highest BCUT2D eigenvalue weighted by molar-refractivity contribution is 7.84. The van der Waals surface area contributed by atoms with E-state index < -0.39 is 28.4 Å². The maximum absolute atomic E-state index is 14.0. The molecule has 3 aromatic rings. The highest BCUT2D eigenvalue weighted by Gasteiger charge is 2.35. The van der Waals surface area contributed by atoms with Crippen molar-refractivity contribution in [1.82, 2.24) is 9.97 Å². The lowest BCUT2D eigenvalue weighted by molar-refractivity contribution is 0.0698. The summed E-state index contributed by atoms with van der Waals surface area (Å²) in [7, 11) is -4.12. The monoisotopic (exact) mass is 582 g/mol. The van der Waals surface area contributed by atoms with Crippen molar-refractivity contribution in [3.8, 4) is 0 Å². The molecule has 0 saturated heterocycles. The van der Waals surface area contributed by atoms with Gasteiger partial charge in [0.25, 0.3) is 0 Å². The van der Waals surface area contributed by atoms with Crippen LogP contribution in [-0.2, 0) is 25.6 Å². The van der Waals surface area contributed by atoms with Crippen molar-refractivity contribution in [1.29, 1.82) is 0 Å². The lowest BCUT2D eigenvalue weighted by atomic mass is 9.94. The van der Waals surface area contributed by atoms with E-state index in [0.29, 0.717) is 46.2 Å². The summed E-state index contributed by atoms with van der Waals surface area (Å²) in [6.07, 6.45) is 2.58. The van der Waals surface area contributed by atoms with E-state index in [9.17, 15) is 22.7 Å². The van der Waals surface area contributed by atoms with E-state index in [4.69, 9.17) is 21.5 Å². The molecule has 0 bridgehead atoms. The SMILES string of the molecule is NS(=O)(=O)OC[C@H]1C[C@@H](Nc2ncncc2C(=O)c2cc([C@H]3OCCc4ccc(F)cc43)c(Cl)s2)C[C@@H]1O. The summed E-state index contributed by atoms with van der Waals surface area (Å²) in [4.78, 5) is 22.1. The lowest BCUT2D eigenvalue weighted by Gasteiger charge is -2.26. The van der Waals surface area contributed by atoms with Crippen molar-refractivity contribution in [2.24, 2.45) is 11.1 Å². The van der Waals surface area contributed by atoms with Crippen LogP contribution < -0.4 is 10.5 Å². The van der Waals surface area contributed by atoms with Gasteiger partial charge in [0.05, 0.1) is 34.1 Å². The highest BCUT2D eigenvalue weighted by Crippen LogP contribution is 2.41. The fourth-order valence-electron chi connectivity index (χ4n) is 4.86. The molecule has 14 heteroatoms. The molecule has 4 N–H and O–H groups in total. The number of aliphatic hydroxyl groups is 1. The van der Waals surface area contributed by atoms with Gasteiger partial charge in [0.1, 0.15) is 24.1 Å². The molecule has 38 heavy (non-hydrogen) atoms. The van der Waals surface area contributed by atoms with Gasteiger partial charge in [-0.15, -0.1) is 11.3 Å². The van der Waals surface area contributed by atoms with Gasteiger partial charge in [-0.2, -0.15) is 8.42 Å². The largest absolute Gasteiger partial charge is 0.393 e. The van der Waals surface area contributed by atoms with Gasteiger partial charge in [0.15, 0.2) is 0 Å². The third-order valence-corrected chi connectivity index (χ3v) is 8.52. The van der Waals surface area contributed by atoms with Crippen LogP contribution in [0.15, 0.2) is 36.8 Å². The number of hydrogen-bond acceptors (Lipinski definition) is 10. The zero-order valence-corrected chi connectivity index (χ0v) is 22.2. The quantitative estimate of drug-likeness (QED) is 0.340. The van der Waals surface area contributed by atoms with Crippen LogP contribution in [0.3, 0.4) is 0 Å². The van der Waals surface area contributed by atoms with Crippen LogP contribution in [0.1, 0.15) is 50.9 Å². The number of nitrogens with two attached hydrogens (primary N) is 1. The molecule has 5 rings (SSSR count). The number of rotatable bonds is 8. The van der Waals surface area contributed by atoms with Gasteiger partial charge in [-0.1, -0.05) is 17.7 Å². The molecule has 1 fully saturated rings. The Balaban J connectivity index is 1.35. The van der Waals surface area contributed by atoms with Crippen molar-refractivity contribution < 1.29 is 31.6 Å². The fraction of sp³-hybridized carbons (Fsp3) is 0.375. The van der Waals surface area contributed by atoms with E-state index in [0.717, 1.165) is 16.9 Å². The smallest absolute Gasteiger partial charge is 0.333 e. The van der Waals surface area contributed by atoms with Crippen molar-refractivity contribution in [2.75, 3.05) is 18.5 Å². The standard InChI is InChI=1S/C24H24ClFN4O6S2/c25-23-17(22-16-6-14(26)2-1-12(16)3-4-35-22)8-20(37-23)21(32)18-9-28-11-29-24(18)30-15-5-13(19(31)7-15)10-36-38(27,33)34/h1-2,6,8-9,11,13,15,19,22,31H,3-5,7,10H2,(H2,27,33,34)(H,28,29,30)/t13-,15-,19+,22+/m1/s1. The Hall–Kier alpha value is -2.52. The van der Waals surface area contributed by atoms with Crippen molar-refractivity contribution >= 4 is 44.8 Å². The molecule has 1 aliphatic heterocycles. The number of anilines is 1. The fourth-order valence-corrected chi connectivity index (χ4v) is 6.50. The Morgan fingerprint density at radius 1 is 1.32 bits per heavy atom. The Morgan fingerprint density at radius 3 is 2.92 bits per heavy atom. The topological polar surface area (TPSA) is 154 Å². The highest BCUT2D eigenvalue weighted by atomic mass is 35.5. The third-order valence-electron chi connectivity index (χ3n) is 6.67. The van der Waals surface area contributed by atoms with Gasteiger partial charge in [0.2, 0.25) is 5.78 Å². The molecule has 0 radical (unpaired) electrons. The number of thiophene rings is 1. The predicted octanol–water partition coefficient (Wildman–Crippen LogP) is 3.00. The molecule has 202 valence electrons. The molecular formula is C24H24ClFN4O6S2. The van der Waals surface area contributed by atoms with E-state index in [1.807, 2.05) is 0 Å². The molecule has 3 heterocycles. The number of halogens is 2. The average Bonchev–Trinajstić information content (AvgIpc) is 3.43. The minimum absolute atomic E-state index is 0.201. The second kappa shape index (κ2) is 10.9. The summed E-state index contributed by atoms with van der Waals surface area (Å²) in [6, 6.07) is 5.92. The summed E-state index contributed by atoms with van der Waals surface area (Å²) < 4.78 is 47.1. The maximum Gasteiger partial charge on any atom is 0.333 e. The number of nitrogens with zero attached hydrogens (tertiary/aromatic N) is 2. The second-order valence-corrected chi connectivity index (χ2v) is 12.1. The van der Waals surface area contributed by atoms with Crippen LogP contribution in [-0.4, -0.2) is 54.6 Å². The molecule has 0 spiro atoms. The van der Waals surface area contributed by atoms with Crippen molar-refractivity contribution in [3.05, 3.63) is 74.1 Å². The van der Waals surface area contributed by atoms with E-state index in [1.165, 1.54) is 24.7 Å². The molecule has 4 atom stereocenters. The first-order valence-corrected chi connectivity index (χ1v) is 14.4. The first kappa shape index (κ1) is 27.1. The molecule has 1 saturated carbocycles. The number of aromatic nitrogens is 2. The molecule has 0 amide bonds. The molecule has 1 aromatic carbocycles. The first-order valence-electron chi connectivity index (χ1n) is 11.7. The molecule has 0 unspecified atom stereocenters.